The van der Waals surface area contributed by atoms with Crippen molar-refractivity contribution in [3.63, 3.8) is 0 Å². The number of amides is 2. The van der Waals surface area contributed by atoms with Crippen molar-refractivity contribution in [2.24, 2.45) is 0 Å². The van der Waals surface area contributed by atoms with Crippen LogP contribution in [-0.2, 0) is 9.59 Å². The Morgan fingerprint density at radius 1 is 1.38 bits per heavy atom. The quantitative estimate of drug-likeness (QED) is 0.550. The molecule has 0 unspecified atom stereocenters. The molecule has 1 aliphatic rings. The van der Waals surface area contributed by atoms with E-state index in [1.807, 2.05) is 0 Å². The van der Waals surface area contributed by atoms with Gasteiger partial charge in [-0.3, -0.25) is 9.59 Å². The van der Waals surface area contributed by atoms with Gasteiger partial charge in [-0.15, -0.1) is 11.6 Å². The number of alkyl halides is 1. The summed E-state index contributed by atoms with van der Waals surface area (Å²) < 4.78 is 0. The molecule has 5 heteroatoms. The van der Waals surface area contributed by atoms with Gasteiger partial charge in [-0.25, -0.2) is 0 Å². The summed E-state index contributed by atoms with van der Waals surface area (Å²) in [4.78, 5) is 26.7. The second-order valence-corrected chi connectivity index (χ2v) is 4.51. The first kappa shape index (κ1) is 13.3. The number of unbranched alkanes of at least 4 members (excludes halogenated alkanes) is 1. The number of hydrogen-bond acceptors (Lipinski definition) is 2. The Balaban J connectivity index is 2.40. The van der Waals surface area contributed by atoms with Gasteiger partial charge in [0.25, 0.3) is 0 Å². The molecule has 0 radical (unpaired) electrons. The second kappa shape index (κ2) is 6.74. The molecule has 1 heterocycles. The average Bonchev–Trinajstić information content (AvgIpc) is 2.42. The maximum atomic E-state index is 11.8. The summed E-state index contributed by atoms with van der Waals surface area (Å²) in [5.74, 6) is 0.701. The fourth-order valence-electron chi connectivity index (χ4n) is 1.73. The minimum atomic E-state index is 0.0307. The summed E-state index contributed by atoms with van der Waals surface area (Å²) in [6.07, 6.45) is 3.03. The zero-order valence-corrected chi connectivity index (χ0v) is 10.5. The van der Waals surface area contributed by atoms with Crippen molar-refractivity contribution in [1.29, 1.82) is 0 Å². The van der Waals surface area contributed by atoms with Crippen molar-refractivity contribution in [1.82, 2.24) is 9.80 Å². The van der Waals surface area contributed by atoms with Gasteiger partial charge in [-0.05, 0) is 19.3 Å². The van der Waals surface area contributed by atoms with Crippen molar-refractivity contribution < 1.29 is 9.59 Å². The van der Waals surface area contributed by atoms with Gasteiger partial charge < -0.3 is 9.80 Å². The van der Waals surface area contributed by atoms with Crippen LogP contribution >= 0.6 is 11.6 Å². The van der Waals surface area contributed by atoms with Crippen molar-refractivity contribution >= 4 is 23.4 Å². The highest BCUT2D eigenvalue weighted by Crippen LogP contribution is 2.07. The number of carbonyl (C=O) groups is 2. The van der Waals surface area contributed by atoms with E-state index in [1.54, 1.807) is 16.8 Å². The fourth-order valence-corrected chi connectivity index (χ4v) is 1.92. The normalized spacial score (nSPS) is 17.5. The van der Waals surface area contributed by atoms with Crippen molar-refractivity contribution in [2.45, 2.75) is 25.7 Å². The van der Waals surface area contributed by atoms with Crippen LogP contribution in [-0.4, -0.2) is 54.2 Å². The maximum absolute atomic E-state index is 11.8. The molecule has 1 saturated heterocycles. The van der Waals surface area contributed by atoms with Crippen LogP contribution in [0.1, 0.15) is 25.7 Å². The number of halogens is 1. The third-order valence-electron chi connectivity index (χ3n) is 2.80. The van der Waals surface area contributed by atoms with Crippen LogP contribution in [0, 0.1) is 0 Å². The Morgan fingerprint density at radius 2 is 2.12 bits per heavy atom. The predicted molar refractivity (Wildman–Crippen MR) is 63.4 cm³/mol. The Labute approximate surface area is 102 Å². The number of hydrogen-bond donors (Lipinski definition) is 0. The molecule has 0 saturated carbocycles. The van der Waals surface area contributed by atoms with Crippen LogP contribution < -0.4 is 0 Å². The fraction of sp³-hybridized carbons (Fsp3) is 0.818. The average molecular weight is 247 g/mol. The van der Waals surface area contributed by atoms with Crippen molar-refractivity contribution in [3.8, 4) is 0 Å². The molecule has 1 aliphatic heterocycles. The second-order valence-electron chi connectivity index (χ2n) is 4.13. The maximum Gasteiger partial charge on any atom is 0.241 e. The topological polar surface area (TPSA) is 40.6 Å². The van der Waals surface area contributed by atoms with Crippen LogP contribution in [0.15, 0.2) is 0 Å². The van der Waals surface area contributed by atoms with Gasteiger partial charge in [0.1, 0.15) is 0 Å². The highest BCUT2D eigenvalue weighted by Gasteiger charge is 2.21. The molecule has 0 bridgehead atoms. The highest BCUT2D eigenvalue weighted by atomic mass is 35.5. The number of carbonyl (C=O) groups excluding carboxylic acids is 2. The molecule has 0 aromatic carbocycles. The molecular weight excluding hydrogens is 228 g/mol. The van der Waals surface area contributed by atoms with Gasteiger partial charge in [0.05, 0.1) is 6.54 Å². The van der Waals surface area contributed by atoms with E-state index in [9.17, 15) is 9.59 Å². The van der Waals surface area contributed by atoms with Crippen LogP contribution in [0.5, 0.6) is 0 Å². The van der Waals surface area contributed by atoms with Gasteiger partial charge >= 0.3 is 0 Å². The molecule has 0 aromatic heterocycles. The summed E-state index contributed by atoms with van der Waals surface area (Å²) in [5, 5.41) is 0. The van der Waals surface area contributed by atoms with Crippen LogP contribution in [0.2, 0.25) is 0 Å². The molecule has 4 nitrogen and oxygen atoms in total. The van der Waals surface area contributed by atoms with Gasteiger partial charge in [-0.2, -0.15) is 0 Å². The van der Waals surface area contributed by atoms with E-state index < -0.39 is 0 Å². The lowest BCUT2D eigenvalue weighted by molar-refractivity contribution is -0.138. The first-order valence-electron chi connectivity index (χ1n) is 5.73. The lowest BCUT2D eigenvalue weighted by Gasteiger charge is -2.19. The molecule has 0 aromatic rings. The van der Waals surface area contributed by atoms with Gasteiger partial charge in [0.15, 0.2) is 0 Å². The molecule has 2 amide bonds. The van der Waals surface area contributed by atoms with E-state index in [4.69, 9.17) is 11.6 Å². The molecule has 16 heavy (non-hydrogen) atoms. The minimum absolute atomic E-state index is 0.0307. The summed E-state index contributed by atoms with van der Waals surface area (Å²) in [5.41, 5.74) is 0. The zero-order chi connectivity index (χ0) is 12.0. The van der Waals surface area contributed by atoms with Gasteiger partial charge in [0, 0.05) is 32.4 Å². The van der Waals surface area contributed by atoms with Crippen molar-refractivity contribution in [2.75, 3.05) is 32.6 Å². The smallest absolute Gasteiger partial charge is 0.241 e. The molecule has 0 N–H and O–H groups in total. The predicted octanol–water partition coefficient (Wildman–Crippen LogP) is 1.09. The lowest BCUT2D eigenvalue weighted by atomic mass is 10.2. The van der Waals surface area contributed by atoms with E-state index in [1.165, 1.54) is 0 Å². The SMILES string of the molecule is CN1CCCN(C(=O)CCCCCl)CC1=O. The molecule has 0 atom stereocenters. The lowest BCUT2D eigenvalue weighted by Crippen LogP contribution is -2.37. The monoisotopic (exact) mass is 246 g/mol. The largest absolute Gasteiger partial charge is 0.344 e. The van der Waals surface area contributed by atoms with E-state index >= 15 is 0 Å². The minimum Gasteiger partial charge on any atom is -0.344 e. The zero-order valence-electron chi connectivity index (χ0n) is 9.75. The van der Waals surface area contributed by atoms with Crippen molar-refractivity contribution in [3.05, 3.63) is 0 Å². The van der Waals surface area contributed by atoms with E-state index in [2.05, 4.69) is 0 Å². The molecule has 92 valence electrons. The number of rotatable bonds is 4. The van der Waals surface area contributed by atoms with Crippen LogP contribution in [0.25, 0.3) is 0 Å². The standard InChI is InChI=1S/C11H19ClN2O2/c1-13-7-4-8-14(9-11(13)16)10(15)5-2-3-6-12/h2-9H2,1H3. The number of likely N-dealkylation sites (N-methyl/N-ethyl adjacent to an activating group) is 1. The first-order valence-corrected chi connectivity index (χ1v) is 6.26. The van der Waals surface area contributed by atoms with E-state index in [0.29, 0.717) is 18.8 Å². The third-order valence-corrected chi connectivity index (χ3v) is 3.07. The summed E-state index contributed by atoms with van der Waals surface area (Å²) in [6.45, 7) is 1.66. The molecule has 1 rings (SSSR count). The molecule has 0 aliphatic carbocycles. The molecule has 1 fully saturated rings. The Hall–Kier alpha value is -0.770. The van der Waals surface area contributed by atoms with Gasteiger partial charge in [0.2, 0.25) is 11.8 Å². The molecule has 0 spiro atoms. The Kier molecular flexibility index (Phi) is 5.60. The molecular formula is C11H19ClN2O2. The Morgan fingerprint density at radius 3 is 2.81 bits per heavy atom. The van der Waals surface area contributed by atoms with Crippen LogP contribution in [0.3, 0.4) is 0 Å². The van der Waals surface area contributed by atoms with E-state index in [-0.39, 0.29) is 18.4 Å². The highest BCUT2D eigenvalue weighted by molar-refractivity contribution is 6.17. The Bertz CT molecular complexity index is 258. The summed E-state index contributed by atoms with van der Waals surface area (Å²) in [6, 6.07) is 0. The summed E-state index contributed by atoms with van der Waals surface area (Å²) >= 11 is 5.55. The first-order chi connectivity index (χ1) is 7.65. The third kappa shape index (κ3) is 4.00. The summed E-state index contributed by atoms with van der Waals surface area (Å²) in [7, 11) is 1.78. The van der Waals surface area contributed by atoms with E-state index in [0.717, 1.165) is 25.8 Å². The van der Waals surface area contributed by atoms with Gasteiger partial charge in [-0.1, -0.05) is 0 Å². The van der Waals surface area contributed by atoms with Crippen LogP contribution in [0.4, 0.5) is 0 Å². The number of nitrogens with zero attached hydrogens (tertiary/aromatic N) is 2.